The van der Waals surface area contributed by atoms with E-state index in [9.17, 15) is 0 Å². The summed E-state index contributed by atoms with van der Waals surface area (Å²) in [7, 11) is 0. The minimum absolute atomic E-state index is 1.19. The summed E-state index contributed by atoms with van der Waals surface area (Å²) >= 11 is 1.29. The molecule has 0 aromatic carbocycles. The van der Waals surface area contributed by atoms with Crippen molar-refractivity contribution in [2.75, 3.05) is 0 Å². The SMILES string of the molecule is CC(C)=CCCC(C)=CCCC(C)=C[CH2][Na]. The molecule has 0 N–H and O–H groups in total. The van der Waals surface area contributed by atoms with Crippen molar-refractivity contribution in [2.24, 2.45) is 0 Å². The van der Waals surface area contributed by atoms with Crippen LogP contribution in [0.3, 0.4) is 0 Å². The van der Waals surface area contributed by atoms with Gasteiger partial charge in [0.05, 0.1) is 0 Å². The molecule has 0 unspecified atom stereocenters. The molecule has 86 valence electrons. The van der Waals surface area contributed by atoms with Gasteiger partial charge in [-0.2, -0.15) is 0 Å². The van der Waals surface area contributed by atoms with E-state index in [4.69, 9.17) is 0 Å². The summed E-state index contributed by atoms with van der Waals surface area (Å²) in [6, 6.07) is 0. The maximum absolute atomic E-state index is 2.41. The second-order valence-corrected chi connectivity index (χ2v) is 5.68. The van der Waals surface area contributed by atoms with Crippen LogP contribution in [0.15, 0.2) is 34.9 Å². The number of rotatable bonds is 7. The van der Waals surface area contributed by atoms with Crippen LogP contribution in [-0.4, -0.2) is 27.9 Å². The van der Waals surface area contributed by atoms with Crippen molar-refractivity contribution in [1.29, 1.82) is 0 Å². The Labute approximate surface area is 119 Å². The Balaban J connectivity index is 3.79. The summed E-state index contributed by atoms with van der Waals surface area (Å²) < 4.78 is 1.30. The number of hydrogen-bond donors (Lipinski definition) is 0. The fourth-order valence-electron chi connectivity index (χ4n) is 1.69. The molecular weight excluding hydrogens is 203 g/mol. The normalized spacial score (nSPS) is 12.9. The summed E-state index contributed by atoms with van der Waals surface area (Å²) in [6.45, 7) is 8.84. The Kier molecular flexibility index (Phi) is 10.5. The zero-order valence-electron chi connectivity index (χ0n) is 11.8. The molecule has 0 saturated carbocycles. The molecule has 0 aliphatic carbocycles. The molecule has 16 heavy (non-hydrogen) atoms. The quantitative estimate of drug-likeness (QED) is 0.425. The third-order valence-corrected chi connectivity index (χ3v) is 3.08. The van der Waals surface area contributed by atoms with Gasteiger partial charge in [-0.1, -0.05) is 0 Å². The van der Waals surface area contributed by atoms with Crippen LogP contribution in [0.4, 0.5) is 0 Å². The van der Waals surface area contributed by atoms with E-state index < -0.39 is 0 Å². The van der Waals surface area contributed by atoms with E-state index in [0.717, 1.165) is 0 Å². The zero-order chi connectivity index (χ0) is 12.4. The van der Waals surface area contributed by atoms with Crippen LogP contribution in [-0.2, 0) is 0 Å². The predicted molar refractivity (Wildman–Crippen MR) is 76.0 cm³/mol. The van der Waals surface area contributed by atoms with Crippen LogP contribution < -0.4 is 0 Å². The Morgan fingerprint density at radius 2 is 1.31 bits per heavy atom. The van der Waals surface area contributed by atoms with Gasteiger partial charge in [0.15, 0.2) is 0 Å². The van der Waals surface area contributed by atoms with Gasteiger partial charge in [-0.25, -0.2) is 0 Å². The second kappa shape index (κ2) is 10.4. The molecule has 0 bridgehead atoms. The van der Waals surface area contributed by atoms with Gasteiger partial charge in [0.2, 0.25) is 0 Å². The molecule has 0 atom stereocenters. The maximum atomic E-state index is 2.41. The van der Waals surface area contributed by atoms with Gasteiger partial charge in [0.25, 0.3) is 0 Å². The zero-order valence-corrected chi connectivity index (χ0v) is 13.8. The Bertz CT molecular complexity index is 265. The molecule has 0 aromatic heterocycles. The van der Waals surface area contributed by atoms with E-state index in [0.29, 0.717) is 0 Å². The summed E-state index contributed by atoms with van der Waals surface area (Å²) in [5.74, 6) is 0. The molecule has 0 saturated heterocycles. The fourth-order valence-corrected chi connectivity index (χ4v) is 2.38. The standard InChI is InChI=1S/C15H25.Na/c1-6-14(4)10-8-12-15(5)11-7-9-13(2)3;/h6,9,12H,1,7-8,10-11H2,2-5H3;. The first kappa shape index (κ1) is 16.2. The van der Waals surface area contributed by atoms with Crippen molar-refractivity contribution in [3.63, 3.8) is 0 Å². The van der Waals surface area contributed by atoms with Crippen molar-refractivity contribution >= 4 is 27.9 Å². The van der Waals surface area contributed by atoms with Gasteiger partial charge >= 0.3 is 120 Å². The van der Waals surface area contributed by atoms with Crippen molar-refractivity contribution in [2.45, 2.75) is 57.0 Å². The average Bonchev–Trinajstić information content (AvgIpc) is 2.17. The first-order valence-electron chi connectivity index (χ1n) is 6.50. The topological polar surface area (TPSA) is 0 Å². The Morgan fingerprint density at radius 3 is 1.81 bits per heavy atom. The van der Waals surface area contributed by atoms with E-state index in [1.165, 1.54) is 68.4 Å². The van der Waals surface area contributed by atoms with E-state index in [1.807, 2.05) is 0 Å². The Morgan fingerprint density at radius 1 is 0.812 bits per heavy atom. The second-order valence-electron chi connectivity index (χ2n) is 4.87. The van der Waals surface area contributed by atoms with Gasteiger partial charge in [-0.05, 0) is 0 Å². The van der Waals surface area contributed by atoms with Crippen LogP contribution in [0.5, 0.6) is 0 Å². The first-order chi connectivity index (χ1) is 7.56. The minimum atomic E-state index is 1.19. The van der Waals surface area contributed by atoms with Crippen LogP contribution >= 0.6 is 0 Å². The van der Waals surface area contributed by atoms with Gasteiger partial charge in [0.1, 0.15) is 0 Å². The molecular formula is C15H25Na. The molecule has 0 fully saturated rings. The molecule has 0 nitrogen and oxygen atoms in total. The van der Waals surface area contributed by atoms with E-state index in [-0.39, 0.29) is 0 Å². The fraction of sp³-hybridized carbons (Fsp3) is 0.600. The molecule has 0 spiro atoms. The Hall–Kier alpha value is 0.220. The van der Waals surface area contributed by atoms with Gasteiger partial charge in [-0.15, -0.1) is 0 Å². The summed E-state index contributed by atoms with van der Waals surface area (Å²) in [5, 5.41) is 0. The van der Waals surface area contributed by atoms with E-state index in [1.54, 1.807) is 5.57 Å². The molecule has 0 aliphatic rings. The number of allylic oxidation sites excluding steroid dienone is 6. The van der Waals surface area contributed by atoms with Crippen LogP contribution in [0.25, 0.3) is 0 Å². The molecule has 1 heteroatoms. The van der Waals surface area contributed by atoms with Gasteiger partial charge in [-0.3, -0.25) is 0 Å². The molecule has 0 amide bonds. The summed E-state index contributed by atoms with van der Waals surface area (Å²) in [5.41, 5.74) is 4.53. The average molecular weight is 228 g/mol. The number of hydrogen-bond acceptors (Lipinski definition) is 0. The molecule has 0 aromatic rings. The molecule has 0 heterocycles. The molecule has 0 aliphatic heterocycles. The van der Waals surface area contributed by atoms with Crippen molar-refractivity contribution in [3.8, 4) is 0 Å². The first-order valence-corrected chi connectivity index (χ1v) is 7.92. The van der Waals surface area contributed by atoms with E-state index >= 15 is 0 Å². The molecule has 0 rings (SSSR count). The van der Waals surface area contributed by atoms with Crippen molar-refractivity contribution < 1.29 is 0 Å². The summed E-state index contributed by atoms with van der Waals surface area (Å²) in [6.07, 6.45) is 12.0. The van der Waals surface area contributed by atoms with Gasteiger partial charge < -0.3 is 0 Å². The summed E-state index contributed by atoms with van der Waals surface area (Å²) in [4.78, 5) is 0. The van der Waals surface area contributed by atoms with Crippen LogP contribution in [0.1, 0.15) is 53.4 Å². The van der Waals surface area contributed by atoms with Crippen LogP contribution in [0, 0.1) is 0 Å². The van der Waals surface area contributed by atoms with Gasteiger partial charge in [0, 0.05) is 0 Å². The predicted octanol–water partition coefficient (Wildman–Crippen LogP) is 4.99. The van der Waals surface area contributed by atoms with Crippen molar-refractivity contribution in [3.05, 3.63) is 34.9 Å². The third-order valence-electron chi connectivity index (χ3n) is 2.68. The van der Waals surface area contributed by atoms with E-state index in [2.05, 4.69) is 45.9 Å². The van der Waals surface area contributed by atoms with Crippen molar-refractivity contribution in [1.82, 2.24) is 0 Å². The third kappa shape index (κ3) is 10.7. The van der Waals surface area contributed by atoms with Crippen LogP contribution in [0.2, 0.25) is 3.67 Å². The monoisotopic (exact) mass is 228 g/mol. The molecule has 0 radical (unpaired) electrons.